The maximum Gasteiger partial charge on any atom is 0.262 e. The zero-order chi connectivity index (χ0) is 17.8. The van der Waals surface area contributed by atoms with Crippen LogP contribution in [0.3, 0.4) is 0 Å². The zero-order valence-corrected chi connectivity index (χ0v) is 12.1. The van der Waals surface area contributed by atoms with E-state index in [1.54, 1.807) is 0 Å². The fourth-order valence-electron chi connectivity index (χ4n) is 2.49. The van der Waals surface area contributed by atoms with Crippen molar-refractivity contribution in [1.29, 1.82) is 0 Å². The predicted octanol–water partition coefficient (Wildman–Crippen LogP) is 0.784. The highest BCUT2D eigenvalue weighted by Crippen LogP contribution is 2.26. The number of benzene rings is 1. The summed E-state index contributed by atoms with van der Waals surface area (Å²) in [6.45, 7) is 1.12. The van der Waals surface area contributed by atoms with Crippen LogP contribution in [0, 0.1) is 11.6 Å². The van der Waals surface area contributed by atoms with E-state index in [2.05, 4.69) is 0 Å². The van der Waals surface area contributed by atoms with Crippen molar-refractivity contribution in [1.82, 2.24) is 9.88 Å². The summed E-state index contributed by atoms with van der Waals surface area (Å²) in [5.41, 5.74) is 3.04. The van der Waals surface area contributed by atoms with E-state index in [4.69, 9.17) is 5.73 Å². The molecule has 0 bridgehead atoms. The number of hydrogen-bond donors (Lipinski definition) is 2. The van der Waals surface area contributed by atoms with Gasteiger partial charge in [-0.3, -0.25) is 29.1 Å². The van der Waals surface area contributed by atoms with Crippen LogP contribution in [0.4, 0.5) is 14.6 Å². The Kier molecular flexibility index (Phi) is 3.29. The monoisotopic (exact) mass is 333 g/mol. The van der Waals surface area contributed by atoms with E-state index in [0.717, 1.165) is 25.1 Å². The highest BCUT2D eigenvalue weighted by Gasteiger charge is 2.33. The third kappa shape index (κ3) is 2.09. The van der Waals surface area contributed by atoms with Gasteiger partial charge in [0.2, 0.25) is 0 Å². The number of Topliss-reactive ketones (excluding diaryl/α,β-unsaturated/α-hetero) is 1. The number of fused-ring (bicyclic) bond motifs is 1. The van der Waals surface area contributed by atoms with Crippen molar-refractivity contribution in [2.45, 2.75) is 6.92 Å². The Bertz CT molecular complexity index is 988. The Hall–Kier alpha value is -3.36. The smallest absolute Gasteiger partial charge is 0.262 e. The van der Waals surface area contributed by atoms with Gasteiger partial charge in [-0.2, -0.15) is 0 Å². The third-order valence-electron chi connectivity index (χ3n) is 3.60. The van der Waals surface area contributed by atoms with Crippen LogP contribution in [0.2, 0.25) is 0 Å². The predicted molar refractivity (Wildman–Crippen MR) is 78.2 cm³/mol. The minimum absolute atomic E-state index is 0.227. The van der Waals surface area contributed by atoms with Crippen LogP contribution < -0.4 is 16.6 Å². The molecule has 1 aliphatic rings. The van der Waals surface area contributed by atoms with Gasteiger partial charge in [0.15, 0.2) is 17.4 Å². The fraction of sp³-hybridized carbons (Fsp3) is 0.0667. The minimum Gasteiger partial charge on any atom is -0.384 e. The molecule has 3 N–H and O–H groups in total. The molecule has 0 saturated carbocycles. The first-order valence-electron chi connectivity index (χ1n) is 6.64. The maximum absolute atomic E-state index is 14.3. The van der Waals surface area contributed by atoms with Crippen molar-refractivity contribution in [2.75, 3.05) is 5.73 Å². The van der Waals surface area contributed by atoms with E-state index in [1.165, 1.54) is 0 Å². The van der Waals surface area contributed by atoms with E-state index in [0.29, 0.717) is 4.57 Å². The first kappa shape index (κ1) is 15.5. The molecule has 0 fully saturated rings. The summed E-state index contributed by atoms with van der Waals surface area (Å²) in [6, 6.07) is 2.28. The van der Waals surface area contributed by atoms with Gasteiger partial charge in [-0.25, -0.2) is 8.78 Å². The van der Waals surface area contributed by atoms with Gasteiger partial charge in [0.05, 0.1) is 11.1 Å². The number of carbonyl (C=O) groups excluding carboxylic acids is 3. The third-order valence-corrected chi connectivity index (χ3v) is 3.60. The molecule has 1 aliphatic heterocycles. The Morgan fingerprint density at radius 2 is 1.67 bits per heavy atom. The molecular weight excluding hydrogens is 324 g/mol. The molecule has 0 unspecified atom stereocenters. The van der Waals surface area contributed by atoms with Gasteiger partial charge in [-0.1, -0.05) is 0 Å². The van der Waals surface area contributed by atoms with Gasteiger partial charge >= 0.3 is 0 Å². The zero-order valence-electron chi connectivity index (χ0n) is 12.1. The van der Waals surface area contributed by atoms with Gasteiger partial charge in [0.25, 0.3) is 17.4 Å². The lowest BCUT2D eigenvalue weighted by Crippen LogP contribution is -2.26. The van der Waals surface area contributed by atoms with E-state index in [-0.39, 0.29) is 16.7 Å². The van der Waals surface area contributed by atoms with Crippen molar-refractivity contribution >= 4 is 23.4 Å². The Balaban J connectivity index is 2.36. The summed E-state index contributed by atoms with van der Waals surface area (Å²) >= 11 is 0. The topological polar surface area (TPSA) is 111 Å². The molecule has 9 heteroatoms. The van der Waals surface area contributed by atoms with Crippen molar-refractivity contribution in [2.24, 2.45) is 0 Å². The van der Waals surface area contributed by atoms with Crippen molar-refractivity contribution in [3.63, 3.8) is 0 Å². The second-order valence-corrected chi connectivity index (χ2v) is 5.12. The average molecular weight is 333 g/mol. The van der Waals surface area contributed by atoms with Gasteiger partial charge < -0.3 is 5.73 Å². The molecule has 24 heavy (non-hydrogen) atoms. The molecule has 0 aliphatic carbocycles. The SMILES string of the molecule is CC(=O)c1cc(F)c(-n2c(N)c3c(cc2=O)C(=O)NC3=O)c(F)c1. The van der Waals surface area contributed by atoms with Crippen molar-refractivity contribution < 1.29 is 23.2 Å². The molecule has 7 nitrogen and oxygen atoms in total. The lowest BCUT2D eigenvalue weighted by atomic mass is 10.1. The molecule has 1 aromatic carbocycles. The van der Waals surface area contributed by atoms with Crippen LogP contribution in [0.15, 0.2) is 23.0 Å². The number of carbonyl (C=O) groups is 3. The lowest BCUT2D eigenvalue weighted by Gasteiger charge is -2.14. The van der Waals surface area contributed by atoms with E-state index < -0.39 is 46.3 Å². The Morgan fingerprint density at radius 3 is 2.21 bits per heavy atom. The van der Waals surface area contributed by atoms with Gasteiger partial charge in [-0.15, -0.1) is 0 Å². The molecule has 0 spiro atoms. The van der Waals surface area contributed by atoms with Crippen LogP contribution in [-0.2, 0) is 0 Å². The van der Waals surface area contributed by atoms with E-state index in [9.17, 15) is 28.0 Å². The number of anilines is 1. The molecule has 2 amide bonds. The lowest BCUT2D eigenvalue weighted by molar-refractivity contribution is 0.0879. The van der Waals surface area contributed by atoms with E-state index >= 15 is 0 Å². The van der Waals surface area contributed by atoms with Gasteiger partial charge in [-0.05, 0) is 19.1 Å². The highest BCUT2D eigenvalue weighted by molar-refractivity contribution is 6.23. The Labute approximate surface area is 132 Å². The average Bonchev–Trinajstić information content (AvgIpc) is 2.75. The minimum atomic E-state index is -1.21. The number of amides is 2. The number of pyridine rings is 1. The number of imide groups is 1. The Morgan fingerprint density at radius 1 is 1.08 bits per heavy atom. The van der Waals surface area contributed by atoms with Gasteiger partial charge in [0, 0.05) is 11.6 Å². The number of nitrogen functional groups attached to an aromatic ring is 1. The fourth-order valence-corrected chi connectivity index (χ4v) is 2.49. The molecule has 0 saturated heterocycles. The normalized spacial score (nSPS) is 13.0. The van der Waals surface area contributed by atoms with Crippen LogP contribution in [0.5, 0.6) is 0 Å². The molecular formula is C15H9F2N3O4. The number of ketones is 1. The maximum atomic E-state index is 14.3. The van der Waals surface area contributed by atoms with Crippen LogP contribution in [0.25, 0.3) is 5.69 Å². The van der Waals surface area contributed by atoms with E-state index in [1.807, 2.05) is 5.32 Å². The second-order valence-electron chi connectivity index (χ2n) is 5.12. The highest BCUT2D eigenvalue weighted by atomic mass is 19.1. The van der Waals surface area contributed by atoms with Crippen molar-refractivity contribution in [3.05, 3.63) is 56.9 Å². The summed E-state index contributed by atoms with van der Waals surface area (Å²) in [6.07, 6.45) is 0. The number of aromatic nitrogens is 1. The summed E-state index contributed by atoms with van der Waals surface area (Å²) in [4.78, 5) is 46.7. The summed E-state index contributed by atoms with van der Waals surface area (Å²) in [5, 5.41) is 1.94. The second kappa shape index (κ2) is 5.08. The summed E-state index contributed by atoms with van der Waals surface area (Å²) in [5.74, 6) is -5.26. The first-order valence-corrected chi connectivity index (χ1v) is 6.64. The standard InChI is InChI=1S/C15H9F2N3O4/c1-5(21)6-2-8(16)12(9(17)3-6)20-10(22)4-7-11(13(20)18)15(24)19-14(7)23/h2-4H,18H2,1H3,(H,19,23,24). The number of nitrogens with two attached hydrogens (primary N) is 1. The van der Waals surface area contributed by atoms with Crippen molar-refractivity contribution in [3.8, 4) is 5.69 Å². The number of nitrogens with zero attached hydrogens (tertiary/aromatic N) is 1. The number of hydrogen-bond acceptors (Lipinski definition) is 5. The molecule has 2 aromatic rings. The molecule has 2 heterocycles. The largest absolute Gasteiger partial charge is 0.384 e. The molecule has 1 aromatic heterocycles. The van der Waals surface area contributed by atoms with Crippen LogP contribution in [-0.4, -0.2) is 22.2 Å². The molecule has 122 valence electrons. The number of nitrogens with one attached hydrogen (secondary N) is 1. The first-order chi connectivity index (χ1) is 11.2. The number of rotatable bonds is 2. The molecule has 0 radical (unpaired) electrons. The van der Waals surface area contributed by atoms with Crippen LogP contribution in [0.1, 0.15) is 38.0 Å². The summed E-state index contributed by atoms with van der Waals surface area (Å²) < 4.78 is 29.0. The quantitative estimate of drug-likeness (QED) is 0.623. The molecule has 0 atom stereocenters. The summed E-state index contributed by atoms with van der Waals surface area (Å²) in [7, 11) is 0. The molecule has 3 rings (SSSR count). The van der Waals surface area contributed by atoms with Gasteiger partial charge in [0.1, 0.15) is 11.5 Å². The van der Waals surface area contributed by atoms with Crippen LogP contribution >= 0.6 is 0 Å². The number of halogens is 2.